The molecule has 81 heavy (non-hydrogen) atoms. The summed E-state index contributed by atoms with van der Waals surface area (Å²) in [5, 5.41) is 14.0. The molecule has 0 fully saturated rings. The lowest BCUT2D eigenvalue weighted by Gasteiger charge is -2.25. The molecule has 8 nitrogen and oxygen atoms in total. The van der Waals surface area contributed by atoms with E-state index in [9.17, 15) is 19.4 Å². The summed E-state index contributed by atoms with van der Waals surface area (Å²) in [6, 6.07) is -0.875. The average Bonchev–Trinajstić information content (AvgIpc) is 3.43. The number of quaternary nitrogens is 1. The molecule has 0 saturated heterocycles. The van der Waals surface area contributed by atoms with Crippen LogP contribution in [-0.2, 0) is 18.4 Å². The van der Waals surface area contributed by atoms with Gasteiger partial charge < -0.3 is 19.8 Å². The fourth-order valence-corrected chi connectivity index (χ4v) is 10.7. The second-order valence-corrected chi connectivity index (χ2v) is 26.0. The van der Waals surface area contributed by atoms with Gasteiger partial charge in [0.05, 0.1) is 39.9 Å². The van der Waals surface area contributed by atoms with Crippen molar-refractivity contribution in [3.8, 4) is 0 Å². The van der Waals surface area contributed by atoms with Gasteiger partial charge in [-0.15, -0.1) is 0 Å². The molecule has 3 unspecified atom stereocenters. The van der Waals surface area contributed by atoms with Crippen LogP contribution < -0.4 is 5.32 Å². The first kappa shape index (κ1) is 78.7. The van der Waals surface area contributed by atoms with Crippen LogP contribution in [-0.4, -0.2) is 73.4 Å². The first-order valence-electron chi connectivity index (χ1n) is 34.5. The van der Waals surface area contributed by atoms with E-state index in [1.54, 1.807) is 6.08 Å². The Kier molecular flexibility index (Phi) is 60.4. The van der Waals surface area contributed by atoms with Crippen molar-refractivity contribution in [3.63, 3.8) is 0 Å². The maximum atomic E-state index is 13.0. The first-order chi connectivity index (χ1) is 39.5. The number of phosphoric acid groups is 1. The van der Waals surface area contributed by atoms with Crippen molar-refractivity contribution in [1.82, 2.24) is 5.32 Å². The highest BCUT2D eigenvalue weighted by Gasteiger charge is 2.28. The fraction of sp³-hybridized carbons (Fsp3) is 0.792. The molecule has 0 aromatic heterocycles. The van der Waals surface area contributed by atoms with E-state index in [2.05, 4.69) is 92.1 Å². The fourth-order valence-electron chi connectivity index (χ4n) is 10.0. The molecule has 0 aliphatic heterocycles. The van der Waals surface area contributed by atoms with Crippen LogP contribution in [0.25, 0.3) is 0 Å². The molecule has 0 spiro atoms. The number of unbranched alkanes of at least 4 members (excludes halogenated alkanes) is 38. The average molecular weight is 1150 g/mol. The van der Waals surface area contributed by atoms with Crippen LogP contribution in [0.5, 0.6) is 0 Å². The zero-order valence-corrected chi connectivity index (χ0v) is 54.9. The van der Waals surface area contributed by atoms with Gasteiger partial charge in [0.15, 0.2) is 0 Å². The van der Waals surface area contributed by atoms with Gasteiger partial charge in [-0.05, 0) is 83.5 Å². The van der Waals surface area contributed by atoms with E-state index in [4.69, 9.17) is 9.05 Å². The van der Waals surface area contributed by atoms with E-state index in [0.717, 1.165) is 70.6 Å². The molecular weight excluding hydrogens is 1020 g/mol. The Bertz CT molecular complexity index is 1600. The Balaban J connectivity index is 4.14. The summed E-state index contributed by atoms with van der Waals surface area (Å²) in [6.07, 6.45) is 88.8. The number of rotatable bonds is 63. The molecule has 0 rings (SSSR count). The number of likely N-dealkylation sites (N-methyl/N-ethyl adjacent to an activating group) is 1. The number of phosphoric ester groups is 1. The number of carbonyl (C=O) groups excluding carboxylic acids is 1. The van der Waals surface area contributed by atoms with Crippen molar-refractivity contribution in [2.24, 2.45) is 0 Å². The summed E-state index contributed by atoms with van der Waals surface area (Å²) >= 11 is 0. The Morgan fingerprint density at radius 3 is 1.14 bits per heavy atom. The van der Waals surface area contributed by atoms with Crippen molar-refractivity contribution < 1.29 is 32.9 Å². The molecule has 0 heterocycles. The van der Waals surface area contributed by atoms with E-state index < -0.39 is 20.0 Å². The number of allylic oxidation sites excluding steroid dienone is 13. The number of hydrogen-bond acceptors (Lipinski definition) is 5. The normalized spacial score (nSPS) is 14.2. The minimum absolute atomic E-state index is 0.0514. The van der Waals surface area contributed by atoms with E-state index in [1.165, 1.54) is 225 Å². The monoisotopic (exact) mass is 1150 g/mol. The summed E-state index contributed by atoms with van der Waals surface area (Å²) in [6.45, 7) is 4.71. The van der Waals surface area contributed by atoms with Gasteiger partial charge in [-0.3, -0.25) is 13.8 Å². The molecule has 472 valence electrons. The summed E-state index contributed by atoms with van der Waals surface area (Å²) < 4.78 is 23.8. The van der Waals surface area contributed by atoms with Gasteiger partial charge in [0.25, 0.3) is 0 Å². The molecule has 0 aliphatic rings. The molecule has 3 atom stereocenters. The first-order valence-corrected chi connectivity index (χ1v) is 36.0. The van der Waals surface area contributed by atoms with Crippen LogP contribution in [0.15, 0.2) is 85.1 Å². The molecule has 0 radical (unpaired) electrons. The topological polar surface area (TPSA) is 105 Å². The highest BCUT2D eigenvalue weighted by atomic mass is 31.2. The molecule has 0 aromatic carbocycles. The third-order valence-electron chi connectivity index (χ3n) is 15.3. The van der Waals surface area contributed by atoms with Crippen molar-refractivity contribution >= 4 is 13.7 Å². The number of hydrogen-bond donors (Lipinski definition) is 3. The zero-order chi connectivity index (χ0) is 59.1. The summed E-state index contributed by atoms with van der Waals surface area (Å²) in [7, 11) is 1.55. The third kappa shape index (κ3) is 65.1. The lowest BCUT2D eigenvalue weighted by molar-refractivity contribution is -0.870. The van der Waals surface area contributed by atoms with Crippen LogP contribution in [0.2, 0.25) is 0 Å². The number of amides is 1. The molecule has 0 saturated carbocycles. The van der Waals surface area contributed by atoms with Gasteiger partial charge in [-0.2, -0.15) is 0 Å². The Morgan fingerprint density at radius 2 is 0.753 bits per heavy atom. The van der Waals surface area contributed by atoms with Crippen molar-refractivity contribution in [2.75, 3.05) is 40.9 Å². The number of aliphatic hydroxyl groups is 1. The molecule has 9 heteroatoms. The second-order valence-electron chi connectivity index (χ2n) is 24.5. The zero-order valence-electron chi connectivity index (χ0n) is 54.0. The van der Waals surface area contributed by atoms with E-state index >= 15 is 0 Å². The number of nitrogens with one attached hydrogen (secondary N) is 1. The van der Waals surface area contributed by atoms with Crippen LogP contribution in [0, 0.1) is 0 Å². The van der Waals surface area contributed by atoms with E-state index in [1.807, 2.05) is 27.2 Å². The predicted octanol–water partition coefficient (Wildman–Crippen LogP) is 21.9. The van der Waals surface area contributed by atoms with Crippen molar-refractivity contribution in [2.45, 2.75) is 328 Å². The third-order valence-corrected chi connectivity index (χ3v) is 16.3. The van der Waals surface area contributed by atoms with Gasteiger partial charge in [0, 0.05) is 6.42 Å². The number of aliphatic hydroxyl groups excluding tert-OH is 1. The maximum absolute atomic E-state index is 13.0. The molecule has 0 aliphatic carbocycles. The predicted molar refractivity (Wildman–Crippen MR) is 355 cm³/mol. The summed E-state index contributed by atoms with van der Waals surface area (Å²) in [5.41, 5.74) is 0. The largest absolute Gasteiger partial charge is 0.472 e. The Morgan fingerprint density at radius 1 is 0.432 bits per heavy atom. The molecule has 0 aromatic rings. The maximum Gasteiger partial charge on any atom is 0.472 e. The minimum atomic E-state index is -4.37. The quantitative estimate of drug-likeness (QED) is 0.0243. The van der Waals surface area contributed by atoms with E-state index in [-0.39, 0.29) is 19.1 Å². The van der Waals surface area contributed by atoms with Crippen molar-refractivity contribution in [3.05, 3.63) is 85.1 Å². The Labute approximate surface area is 503 Å². The van der Waals surface area contributed by atoms with Crippen LogP contribution in [0.3, 0.4) is 0 Å². The number of nitrogens with zero attached hydrogens (tertiary/aromatic N) is 1. The lowest BCUT2D eigenvalue weighted by Crippen LogP contribution is -2.45. The van der Waals surface area contributed by atoms with Crippen molar-refractivity contribution in [1.29, 1.82) is 0 Å². The minimum Gasteiger partial charge on any atom is -0.387 e. The molecule has 0 bridgehead atoms. The standard InChI is InChI=1S/C72H133N2O6P/c1-6-8-10-12-14-16-18-20-22-24-26-28-30-32-34-36-38-39-41-43-45-47-49-51-53-55-57-59-61-63-65-71(75)70(69-80-81(77,78)79-68-67-74(3,4)5)73-72(76)66-64-62-60-58-56-54-52-50-48-46-44-42-40-37-35-33-31-29-27-25-23-21-19-17-15-13-11-9-7-2/h9,11,15,17,21,23,27,29,47,49,55,57,63,65,70-71,75H,6-8,10,12-14,16,18-20,22,24-26,28,30-46,48,50-54,56,58-62,64,66-69H2,1-5H3,(H-,73,76,77,78)/p+1/b11-9-,17-15-,23-21-,29-27-,49-47+,57-55+,65-63+. The molecule has 3 N–H and O–H groups in total. The highest BCUT2D eigenvalue weighted by Crippen LogP contribution is 2.43. The van der Waals surface area contributed by atoms with Gasteiger partial charge in [0.2, 0.25) is 5.91 Å². The van der Waals surface area contributed by atoms with E-state index in [0.29, 0.717) is 17.4 Å². The number of carbonyl (C=O) groups is 1. The van der Waals surface area contributed by atoms with Crippen LogP contribution >= 0.6 is 7.82 Å². The van der Waals surface area contributed by atoms with Crippen LogP contribution in [0.1, 0.15) is 316 Å². The molecular formula is C72H134N2O6P+. The van der Waals surface area contributed by atoms with Gasteiger partial charge in [-0.25, -0.2) is 4.57 Å². The second kappa shape index (κ2) is 62.2. The highest BCUT2D eigenvalue weighted by molar-refractivity contribution is 7.47. The van der Waals surface area contributed by atoms with Crippen LogP contribution in [0.4, 0.5) is 0 Å². The summed E-state index contributed by atoms with van der Waals surface area (Å²) in [5.74, 6) is -0.190. The SMILES string of the molecule is CC/C=C\C/C=C\C/C=C\C/C=C\CCCCCCCCCCCCCCCCCCC(=O)NC(COP(=O)(O)OCC[N+](C)(C)C)C(O)/C=C/CC/C=C/CC/C=C/CCCCCCCCCCCCCCCCCCCCCC. The summed E-state index contributed by atoms with van der Waals surface area (Å²) in [4.78, 5) is 23.4. The smallest absolute Gasteiger partial charge is 0.387 e. The lowest BCUT2D eigenvalue weighted by atomic mass is 10.0. The molecule has 1 amide bonds. The van der Waals surface area contributed by atoms with Gasteiger partial charge >= 0.3 is 7.82 Å². The van der Waals surface area contributed by atoms with Gasteiger partial charge in [0.1, 0.15) is 13.2 Å². The Hall–Kier alpha value is -2.32. The van der Waals surface area contributed by atoms with Gasteiger partial charge in [-0.1, -0.05) is 311 Å².